The van der Waals surface area contributed by atoms with Gasteiger partial charge >= 0.3 is 0 Å². The van der Waals surface area contributed by atoms with Crippen molar-refractivity contribution in [2.24, 2.45) is 5.41 Å². The zero-order chi connectivity index (χ0) is 16.4. The Morgan fingerprint density at radius 2 is 1.65 bits per heavy atom. The van der Waals surface area contributed by atoms with Crippen molar-refractivity contribution in [3.05, 3.63) is 59.7 Å². The summed E-state index contributed by atoms with van der Waals surface area (Å²) in [6.45, 7) is 7.74. The number of hydrogen-bond acceptors (Lipinski definition) is 2. The van der Waals surface area contributed by atoms with Crippen molar-refractivity contribution in [1.82, 2.24) is 0 Å². The minimum absolute atomic E-state index is 0.0390. The number of hydrogen-bond donors (Lipinski definition) is 1. The SMILES string of the molecule is CC(C)(C)C(=O)Nc1ccc(N2CCc3ccccc3C2)cc1. The van der Waals surface area contributed by atoms with E-state index in [1.54, 1.807) is 0 Å². The van der Waals surface area contributed by atoms with Gasteiger partial charge in [-0.05, 0) is 41.8 Å². The number of rotatable bonds is 2. The van der Waals surface area contributed by atoms with Gasteiger partial charge in [0.1, 0.15) is 0 Å². The zero-order valence-corrected chi connectivity index (χ0v) is 14.1. The molecule has 0 atom stereocenters. The van der Waals surface area contributed by atoms with Gasteiger partial charge in [-0.3, -0.25) is 4.79 Å². The zero-order valence-electron chi connectivity index (χ0n) is 14.1. The summed E-state index contributed by atoms with van der Waals surface area (Å²) in [7, 11) is 0. The predicted octanol–water partition coefficient (Wildman–Crippen LogP) is 4.23. The lowest BCUT2D eigenvalue weighted by atomic mass is 9.95. The molecule has 0 aliphatic carbocycles. The van der Waals surface area contributed by atoms with E-state index in [2.05, 4.69) is 46.6 Å². The van der Waals surface area contributed by atoms with Crippen LogP contribution in [-0.2, 0) is 17.8 Å². The Morgan fingerprint density at radius 3 is 2.30 bits per heavy atom. The Morgan fingerprint density at radius 1 is 1.00 bits per heavy atom. The Labute approximate surface area is 138 Å². The van der Waals surface area contributed by atoms with Gasteiger partial charge in [-0.2, -0.15) is 0 Å². The van der Waals surface area contributed by atoms with Gasteiger partial charge in [0.05, 0.1) is 0 Å². The molecule has 0 spiro atoms. The Bertz CT molecular complexity index is 698. The number of amides is 1. The van der Waals surface area contributed by atoms with Crippen molar-refractivity contribution in [3.8, 4) is 0 Å². The van der Waals surface area contributed by atoms with E-state index in [1.165, 1.54) is 16.8 Å². The molecule has 3 heteroatoms. The molecule has 2 aromatic rings. The number of anilines is 2. The van der Waals surface area contributed by atoms with Gasteiger partial charge in [0.15, 0.2) is 0 Å². The molecule has 0 unspecified atom stereocenters. The van der Waals surface area contributed by atoms with Crippen LogP contribution in [0.15, 0.2) is 48.5 Å². The Hall–Kier alpha value is -2.29. The van der Waals surface area contributed by atoms with E-state index in [9.17, 15) is 4.79 Å². The molecule has 3 rings (SSSR count). The summed E-state index contributed by atoms with van der Waals surface area (Å²) in [4.78, 5) is 14.4. The summed E-state index contributed by atoms with van der Waals surface area (Å²) in [5, 5.41) is 2.97. The maximum absolute atomic E-state index is 12.0. The highest BCUT2D eigenvalue weighted by Gasteiger charge is 2.21. The Balaban J connectivity index is 1.70. The van der Waals surface area contributed by atoms with Crippen LogP contribution in [0.1, 0.15) is 31.9 Å². The van der Waals surface area contributed by atoms with Crippen molar-refractivity contribution < 1.29 is 4.79 Å². The first-order chi connectivity index (χ1) is 10.9. The molecule has 1 aliphatic rings. The molecule has 2 aromatic carbocycles. The molecule has 0 aromatic heterocycles. The molecular formula is C20H24N2O. The molecule has 0 saturated heterocycles. The summed E-state index contributed by atoms with van der Waals surface area (Å²) in [6, 6.07) is 16.8. The van der Waals surface area contributed by atoms with Crippen LogP contribution in [0.3, 0.4) is 0 Å². The number of fused-ring (bicyclic) bond motifs is 1. The summed E-state index contributed by atoms with van der Waals surface area (Å²) in [5.74, 6) is 0.0390. The van der Waals surface area contributed by atoms with Gasteiger partial charge in [-0.1, -0.05) is 45.0 Å². The second kappa shape index (κ2) is 6.07. The first-order valence-electron chi connectivity index (χ1n) is 8.17. The topological polar surface area (TPSA) is 32.3 Å². The number of carbonyl (C=O) groups excluding carboxylic acids is 1. The summed E-state index contributed by atoms with van der Waals surface area (Å²) in [5.41, 5.74) is 4.54. The molecular weight excluding hydrogens is 284 g/mol. The first-order valence-corrected chi connectivity index (χ1v) is 8.17. The van der Waals surface area contributed by atoms with Crippen molar-refractivity contribution in [3.63, 3.8) is 0 Å². The highest BCUT2D eigenvalue weighted by molar-refractivity contribution is 5.94. The fraction of sp³-hybridized carbons (Fsp3) is 0.350. The van der Waals surface area contributed by atoms with Gasteiger partial charge in [-0.25, -0.2) is 0 Å². The van der Waals surface area contributed by atoms with E-state index in [0.717, 1.165) is 25.2 Å². The molecule has 0 bridgehead atoms. The fourth-order valence-electron chi connectivity index (χ4n) is 2.79. The molecule has 3 nitrogen and oxygen atoms in total. The molecule has 23 heavy (non-hydrogen) atoms. The Kier molecular flexibility index (Phi) is 4.12. The maximum Gasteiger partial charge on any atom is 0.229 e. The summed E-state index contributed by atoms with van der Waals surface area (Å²) < 4.78 is 0. The molecule has 1 N–H and O–H groups in total. The average Bonchev–Trinajstić information content (AvgIpc) is 2.54. The lowest BCUT2D eigenvalue weighted by Crippen LogP contribution is -2.30. The van der Waals surface area contributed by atoms with Crippen molar-refractivity contribution in [1.29, 1.82) is 0 Å². The third-order valence-corrected chi connectivity index (χ3v) is 4.30. The van der Waals surface area contributed by atoms with Crippen LogP contribution in [0.2, 0.25) is 0 Å². The van der Waals surface area contributed by atoms with Crippen LogP contribution in [0.25, 0.3) is 0 Å². The van der Waals surface area contributed by atoms with Crippen LogP contribution in [0.4, 0.5) is 11.4 Å². The highest BCUT2D eigenvalue weighted by atomic mass is 16.2. The molecule has 1 aliphatic heterocycles. The van der Waals surface area contributed by atoms with E-state index in [-0.39, 0.29) is 11.3 Å². The van der Waals surface area contributed by atoms with E-state index in [1.807, 2.05) is 32.9 Å². The second-order valence-corrected chi connectivity index (χ2v) is 7.19. The van der Waals surface area contributed by atoms with Crippen molar-refractivity contribution >= 4 is 17.3 Å². The van der Waals surface area contributed by atoms with Crippen LogP contribution < -0.4 is 10.2 Å². The number of benzene rings is 2. The lowest BCUT2D eigenvalue weighted by Gasteiger charge is -2.31. The largest absolute Gasteiger partial charge is 0.367 e. The third-order valence-electron chi connectivity index (χ3n) is 4.30. The van der Waals surface area contributed by atoms with Gasteiger partial charge < -0.3 is 10.2 Å². The van der Waals surface area contributed by atoms with Crippen LogP contribution in [0, 0.1) is 5.41 Å². The molecule has 1 amide bonds. The minimum Gasteiger partial charge on any atom is -0.367 e. The van der Waals surface area contributed by atoms with Gasteiger partial charge in [-0.15, -0.1) is 0 Å². The lowest BCUT2D eigenvalue weighted by molar-refractivity contribution is -0.123. The minimum atomic E-state index is -0.380. The van der Waals surface area contributed by atoms with Crippen molar-refractivity contribution in [2.45, 2.75) is 33.7 Å². The predicted molar refractivity (Wildman–Crippen MR) is 95.7 cm³/mol. The molecule has 0 radical (unpaired) electrons. The van der Waals surface area contributed by atoms with Crippen molar-refractivity contribution in [2.75, 3.05) is 16.8 Å². The first kappa shape index (κ1) is 15.6. The molecule has 1 heterocycles. The summed E-state index contributed by atoms with van der Waals surface area (Å²) in [6.07, 6.45) is 1.08. The molecule has 0 saturated carbocycles. The average molecular weight is 308 g/mol. The number of carbonyl (C=O) groups is 1. The number of nitrogens with one attached hydrogen (secondary N) is 1. The number of nitrogens with zero attached hydrogens (tertiary/aromatic N) is 1. The summed E-state index contributed by atoms with van der Waals surface area (Å²) >= 11 is 0. The van der Waals surface area contributed by atoms with E-state index < -0.39 is 0 Å². The second-order valence-electron chi connectivity index (χ2n) is 7.19. The third kappa shape index (κ3) is 3.55. The normalized spacial score (nSPS) is 14.3. The standard InChI is InChI=1S/C20H24N2O/c1-20(2,3)19(23)21-17-8-10-18(11-9-17)22-13-12-15-6-4-5-7-16(15)14-22/h4-11H,12-14H2,1-3H3,(H,21,23). The molecule has 120 valence electrons. The van der Waals surface area contributed by atoms with Gasteiger partial charge in [0, 0.05) is 29.9 Å². The van der Waals surface area contributed by atoms with E-state index in [4.69, 9.17) is 0 Å². The van der Waals surface area contributed by atoms with E-state index >= 15 is 0 Å². The maximum atomic E-state index is 12.0. The fourth-order valence-corrected chi connectivity index (χ4v) is 2.79. The van der Waals surface area contributed by atoms with Gasteiger partial charge in [0.25, 0.3) is 0 Å². The highest BCUT2D eigenvalue weighted by Crippen LogP contribution is 2.26. The molecule has 0 fully saturated rings. The van der Waals surface area contributed by atoms with E-state index in [0.29, 0.717) is 0 Å². The smallest absolute Gasteiger partial charge is 0.229 e. The van der Waals surface area contributed by atoms with Gasteiger partial charge in [0.2, 0.25) is 5.91 Å². The van der Waals surface area contributed by atoms with Crippen LogP contribution in [0.5, 0.6) is 0 Å². The monoisotopic (exact) mass is 308 g/mol. The van der Waals surface area contributed by atoms with Crippen LogP contribution in [-0.4, -0.2) is 12.5 Å². The quantitative estimate of drug-likeness (QED) is 0.900. The van der Waals surface area contributed by atoms with Crippen LogP contribution >= 0.6 is 0 Å².